The Bertz CT molecular complexity index is 1410. The molecule has 0 bridgehead atoms. The normalized spacial score (nSPS) is 11.2. The van der Waals surface area contributed by atoms with Crippen LogP contribution in [0.25, 0.3) is 22.3 Å². The molecule has 0 fully saturated rings. The van der Waals surface area contributed by atoms with E-state index in [1.807, 2.05) is 80.0 Å². The lowest BCUT2D eigenvalue weighted by atomic mass is 10.0. The maximum Gasteiger partial charge on any atom is 0.254 e. The predicted molar refractivity (Wildman–Crippen MR) is 150 cm³/mol. The summed E-state index contributed by atoms with van der Waals surface area (Å²) >= 11 is 0. The van der Waals surface area contributed by atoms with E-state index in [2.05, 4.69) is 29.6 Å². The lowest BCUT2D eigenvalue weighted by molar-refractivity contribution is 0.0754. The van der Waals surface area contributed by atoms with Gasteiger partial charge in [0.25, 0.3) is 5.91 Å². The van der Waals surface area contributed by atoms with Crippen LogP contribution in [0.5, 0.6) is 0 Å². The number of pyridine rings is 2. The number of anilines is 1. The lowest BCUT2D eigenvalue weighted by Gasteiger charge is -2.22. The van der Waals surface area contributed by atoms with Crippen molar-refractivity contribution in [3.05, 3.63) is 70.7 Å². The first-order chi connectivity index (χ1) is 17.9. The SMILES string of the molecule is CCN(Cc1cnn(CC)c1C)C(=O)c1cc(-c2ccc(NCCNC)c(C)n2)nc2ccc(C)cc12. The molecule has 3 aromatic heterocycles. The van der Waals surface area contributed by atoms with Gasteiger partial charge in [-0.3, -0.25) is 9.48 Å². The number of carbonyl (C=O) groups is 1. The second-order valence-electron chi connectivity index (χ2n) is 9.33. The first kappa shape index (κ1) is 26.3. The Labute approximate surface area is 219 Å². The summed E-state index contributed by atoms with van der Waals surface area (Å²) in [4.78, 5) is 25.6. The van der Waals surface area contributed by atoms with E-state index < -0.39 is 0 Å². The average molecular weight is 500 g/mol. The second-order valence-corrected chi connectivity index (χ2v) is 9.33. The molecule has 4 rings (SSSR count). The van der Waals surface area contributed by atoms with Gasteiger partial charge in [-0.15, -0.1) is 0 Å². The van der Waals surface area contributed by atoms with Crippen molar-refractivity contribution in [1.29, 1.82) is 0 Å². The van der Waals surface area contributed by atoms with Gasteiger partial charge in [-0.05, 0) is 72.0 Å². The van der Waals surface area contributed by atoms with Crippen LogP contribution in [-0.2, 0) is 13.1 Å². The number of hydrogen-bond donors (Lipinski definition) is 2. The van der Waals surface area contributed by atoms with Crippen LogP contribution in [0.4, 0.5) is 5.69 Å². The molecule has 0 aliphatic carbocycles. The number of carbonyl (C=O) groups excluding carboxylic acids is 1. The minimum Gasteiger partial charge on any atom is -0.382 e. The van der Waals surface area contributed by atoms with Gasteiger partial charge in [0, 0.05) is 49.4 Å². The highest BCUT2D eigenvalue weighted by atomic mass is 16.2. The monoisotopic (exact) mass is 499 g/mol. The largest absolute Gasteiger partial charge is 0.382 e. The molecule has 0 atom stereocenters. The molecule has 1 amide bonds. The molecule has 0 saturated carbocycles. The van der Waals surface area contributed by atoms with Gasteiger partial charge in [0.2, 0.25) is 0 Å². The fourth-order valence-electron chi connectivity index (χ4n) is 4.52. The van der Waals surface area contributed by atoms with E-state index in [1.165, 1.54) is 0 Å². The molecule has 0 aliphatic rings. The van der Waals surface area contributed by atoms with Crippen LogP contribution in [-0.4, -0.2) is 57.2 Å². The molecule has 0 saturated heterocycles. The van der Waals surface area contributed by atoms with Crippen LogP contribution in [0.2, 0.25) is 0 Å². The molecule has 0 unspecified atom stereocenters. The van der Waals surface area contributed by atoms with Crippen molar-refractivity contribution in [3.63, 3.8) is 0 Å². The Morgan fingerprint density at radius 2 is 1.81 bits per heavy atom. The summed E-state index contributed by atoms with van der Waals surface area (Å²) in [6, 6.07) is 11.9. The summed E-state index contributed by atoms with van der Waals surface area (Å²) in [5, 5.41) is 11.9. The van der Waals surface area contributed by atoms with E-state index >= 15 is 0 Å². The maximum atomic E-state index is 14.0. The number of nitrogens with zero attached hydrogens (tertiary/aromatic N) is 5. The number of rotatable bonds is 10. The highest BCUT2D eigenvalue weighted by molar-refractivity contribution is 6.07. The summed E-state index contributed by atoms with van der Waals surface area (Å²) in [5.41, 5.74) is 7.99. The standard InChI is InChI=1S/C29H37N7O/c1-7-35(18-22-17-32-36(8-2)21(22)5)29(37)24-16-28(34-26-10-9-19(3)15-23(24)26)27-12-11-25(20(4)33-27)31-14-13-30-6/h9-12,15-17,30-31H,7-8,13-14,18H2,1-6H3. The number of amides is 1. The van der Waals surface area contributed by atoms with Crippen molar-refractivity contribution < 1.29 is 4.79 Å². The maximum absolute atomic E-state index is 14.0. The number of hydrogen-bond acceptors (Lipinski definition) is 6. The van der Waals surface area contributed by atoms with E-state index in [-0.39, 0.29) is 5.91 Å². The number of nitrogens with one attached hydrogen (secondary N) is 2. The summed E-state index contributed by atoms with van der Waals surface area (Å²) < 4.78 is 1.96. The summed E-state index contributed by atoms with van der Waals surface area (Å²) in [7, 11) is 1.93. The molecule has 1 aromatic carbocycles. The predicted octanol–water partition coefficient (Wildman–Crippen LogP) is 4.73. The van der Waals surface area contributed by atoms with E-state index in [0.29, 0.717) is 24.3 Å². The van der Waals surface area contributed by atoms with Crippen LogP contribution in [0.1, 0.15) is 46.7 Å². The Morgan fingerprint density at radius 3 is 2.49 bits per heavy atom. The molecular weight excluding hydrogens is 462 g/mol. The number of benzene rings is 1. The Kier molecular flexibility index (Phi) is 8.18. The summed E-state index contributed by atoms with van der Waals surface area (Å²) in [5.74, 6) is -0.0209. The molecule has 0 spiro atoms. The smallest absolute Gasteiger partial charge is 0.254 e. The quantitative estimate of drug-likeness (QED) is 0.307. The van der Waals surface area contributed by atoms with Gasteiger partial charge in [0.1, 0.15) is 0 Å². The van der Waals surface area contributed by atoms with Crippen LogP contribution in [0.15, 0.2) is 42.6 Å². The molecule has 194 valence electrons. The number of aryl methyl sites for hydroxylation is 3. The second kappa shape index (κ2) is 11.5. The van der Waals surface area contributed by atoms with Gasteiger partial charge in [0.05, 0.1) is 40.0 Å². The number of likely N-dealkylation sites (N-methyl/N-ethyl adjacent to an activating group) is 1. The van der Waals surface area contributed by atoms with Gasteiger partial charge in [-0.25, -0.2) is 9.97 Å². The van der Waals surface area contributed by atoms with Crippen LogP contribution in [0.3, 0.4) is 0 Å². The Morgan fingerprint density at radius 1 is 1.00 bits per heavy atom. The number of fused-ring (bicyclic) bond motifs is 1. The zero-order valence-electron chi connectivity index (χ0n) is 22.7. The van der Waals surface area contributed by atoms with Gasteiger partial charge < -0.3 is 15.5 Å². The third-order valence-electron chi connectivity index (χ3n) is 6.77. The molecule has 0 radical (unpaired) electrons. The van der Waals surface area contributed by atoms with Gasteiger partial charge in [-0.1, -0.05) is 11.6 Å². The van der Waals surface area contributed by atoms with E-state index in [9.17, 15) is 4.79 Å². The summed E-state index contributed by atoms with van der Waals surface area (Å²) in [6.07, 6.45) is 1.87. The third kappa shape index (κ3) is 5.64. The average Bonchev–Trinajstić information content (AvgIpc) is 3.26. The van der Waals surface area contributed by atoms with Gasteiger partial charge in [0.15, 0.2) is 0 Å². The molecule has 0 aliphatic heterocycles. The molecule has 2 N–H and O–H groups in total. The van der Waals surface area contributed by atoms with E-state index in [0.717, 1.165) is 64.4 Å². The fourth-order valence-corrected chi connectivity index (χ4v) is 4.52. The topological polar surface area (TPSA) is 88.0 Å². The fraction of sp³-hybridized carbons (Fsp3) is 0.379. The Balaban J connectivity index is 1.73. The van der Waals surface area contributed by atoms with Crippen molar-refractivity contribution in [2.45, 2.75) is 47.7 Å². The van der Waals surface area contributed by atoms with E-state index in [4.69, 9.17) is 9.97 Å². The zero-order chi connectivity index (χ0) is 26.5. The first-order valence-corrected chi connectivity index (χ1v) is 12.9. The zero-order valence-corrected chi connectivity index (χ0v) is 22.7. The minimum atomic E-state index is -0.0209. The van der Waals surface area contributed by atoms with Gasteiger partial charge >= 0.3 is 0 Å². The van der Waals surface area contributed by atoms with Crippen molar-refractivity contribution in [2.75, 3.05) is 32.0 Å². The van der Waals surface area contributed by atoms with Crippen LogP contribution >= 0.6 is 0 Å². The van der Waals surface area contributed by atoms with Crippen molar-refractivity contribution in [1.82, 2.24) is 30.0 Å². The molecule has 3 heterocycles. The van der Waals surface area contributed by atoms with Crippen LogP contribution < -0.4 is 10.6 Å². The third-order valence-corrected chi connectivity index (χ3v) is 6.77. The van der Waals surface area contributed by atoms with Crippen molar-refractivity contribution >= 4 is 22.5 Å². The van der Waals surface area contributed by atoms with E-state index in [1.54, 1.807) is 0 Å². The molecule has 4 aromatic rings. The molecule has 8 nitrogen and oxygen atoms in total. The minimum absolute atomic E-state index is 0.0209. The first-order valence-electron chi connectivity index (χ1n) is 12.9. The Hall–Kier alpha value is -3.78. The highest BCUT2D eigenvalue weighted by Gasteiger charge is 2.21. The highest BCUT2D eigenvalue weighted by Crippen LogP contribution is 2.28. The lowest BCUT2D eigenvalue weighted by Crippen LogP contribution is -2.30. The van der Waals surface area contributed by atoms with Gasteiger partial charge in [-0.2, -0.15) is 5.10 Å². The number of aromatic nitrogens is 4. The summed E-state index contributed by atoms with van der Waals surface area (Å²) in [6.45, 7) is 13.7. The molecular formula is C29H37N7O. The van der Waals surface area contributed by atoms with Crippen molar-refractivity contribution in [3.8, 4) is 11.4 Å². The molecule has 8 heteroatoms. The molecule has 37 heavy (non-hydrogen) atoms. The van der Waals surface area contributed by atoms with Crippen molar-refractivity contribution in [2.24, 2.45) is 0 Å². The van der Waals surface area contributed by atoms with Crippen LogP contribution in [0, 0.1) is 20.8 Å².